The lowest BCUT2D eigenvalue weighted by Gasteiger charge is -2.11. The second-order valence-electron chi connectivity index (χ2n) is 2.76. The van der Waals surface area contributed by atoms with Crippen LogP contribution in [0.15, 0.2) is 6.07 Å². The fourth-order valence-corrected chi connectivity index (χ4v) is 1.01. The fourth-order valence-electron chi connectivity index (χ4n) is 1.01. The first-order valence-corrected chi connectivity index (χ1v) is 3.68. The second-order valence-corrected chi connectivity index (χ2v) is 2.76. The molecule has 0 fully saturated rings. The van der Waals surface area contributed by atoms with E-state index < -0.39 is 41.3 Å². The molecule has 0 aliphatic rings. The summed E-state index contributed by atoms with van der Waals surface area (Å²) in [6.45, 7) is -1.40. The summed E-state index contributed by atoms with van der Waals surface area (Å²) in [5, 5.41) is 0. The van der Waals surface area contributed by atoms with Crippen LogP contribution in [0.1, 0.15) is 11.1 Å². The highest BCUT2D eigenvalue weighted by Gasteiger charge is 2.36. The van der Waals surface area contributed by atoms with Crippen molar-refractivity contribution >= 4 is 5.69 Å². The maximum absolute atomic E-state index is 12.8. The van der Waals surface area contributed by atoms with Crippen molar-refractivity contribution in [3.8, 4) is 0 Å². The van der Waals surface area contributed by atoms with Gasteiger partial charge in [0.05, 0.1) is 11.3 Å². The Kier molecular flexibility index (Phi) is 2.83. The minimum Gasteiger partial charge on any atom is -0.396 e. The third kappa shape index (κ3) is 2.00. The van der Waals surface area contributed by atoms with E-state index in [1.807, 2.05) is 0 Å². The van der Waals surface area contributed by atoms with Gasteiger partial charge in [0.1, 0.15) is 6.67 Å². The van der Waals surface area contributed by atoms with Gasteiger partial charge in [-0.15, -0.1) is 0 Å². The molecule has 1 aromatic carbocycles. The highest BCUT2D eigenvalue weighted by molar-refractivity contribution is 5.51. The highest BCUT2D eigenvalue weighted by Crippen LogP contribution is 2.35. The number of alkyl halides is 4. The monoisotopic (exact) mass is 229 g/mol. The first-order valence-electron chi connectivity index (χ1n) is 3.68. The Morgan fingerprint density at radius 1 is 1.13 bits per heavy atom. The van der Waals surface area contributed by atoms with Gasteiger partial charge in [-0.2, -0.15) is 13.2 Å². The average Bonchev–Trinajstić information content (AvgIpc) is 2.13. The third-order valence-corrected chi connectivity index (χ3v) is 1.78. The number of benzene rings is 1. The summed E-state index contributed by atoms with van der Waals surface area (Å²) in [6, 6.07) is 0.160. The van der Waals surface area contributed by atoms with Crippen molar-refractivity contribution in [2.75, 3.05) is 5.73 Å². The molecule has 0 unspecified atom stereocenters. The van der Waals surface area contributed by atoms with Gasteiger partial charge in [0.2, 0.25) is 0 Å². The molecule has 0 heterocycles. The van der Waals surface area contributed by atoms with Crippen LogP contribution < -0.4 is 5.73 Å². The summed E-state index contributed by atoms with van der Waals surface area (Å²) < 4.78 is 74.0. The minimum atomic E-state index is -5.08. The molecular formula is C8H5F6N. The summed E-state index contributed by atoms with van der Waals surface area (Å²) in [7, 11) is 0. The highest BCUT2D eigenvalue weighted by atomic mass is 19.4. The number of hydrogen-bond acceptors (Lipinski definition) is 1. The van der Waals surface area contributed by atoms with Crippen molar-refractivity contribution in [1.82, 2.24) is 0 Å². The molecule has 0 radical (unpaired) electrons. The van der Waals surface area contributed by atoms with Crippen molar-refractivity contribution in [2.24, 2.45) is 0 Å². The molecule has 84 valence electrons. The fraction of sp³-hybridized carbons (Fsp3) is 0.250. The van der Waals surface area contributed by atoms with Crippen LogP contribution in [-0.2, 0) is 12.9 Å². The van der Waals surface area contributed by atoms with E-state index in [0.29, 0.717) is 0 Å². The van der Waals surface area contributed by atoms with Crippen LogP contribution >= 0.6 is 0 Å². The van der Waals surface area contributed by atoms with Crippen LogP contribution in [0.4, 0.5) is 32.0 Å². The van der Waals surface area contributed by atoms with E-state index in [1.54, 1.807) is 0 Å². The van der Waals surface area contributed by atoms with Crippen molar-refractivity contribution < 1.29 is 26.3 Å². The van der Waals surface area contributed by atoms with Crippen LogP contribution in [0.3, 0.4) is 0 Å². The van der Waals surface area contributed by atoms with Crippen LogP contribution in [0, 0.1) is 11.6 Å². The molecule has 1 nitrogen and oxygen atoms in total. The van der Waals surface area contributed by atoms with Gasteiger partial charge < -0.3 is 5.73 Å². The van der Waals surface area contributed by atoms with E-state index in [-0.39, 0.29) is 6.07 Å². The molecule has 2 N–H and O–H groups in total. The zero-order valence-electron chi connectivity index (χ0n) is 7.13. The van der Waals surface area contributed by atoms with Gasteiger partial charge in [-0.1, -0.05) is 0 Å². The van der Waals surface area contributed by atoms with Crippen molar-refractivity contribution in [3.63, 3.8) is 0 Å². The molecule has 0 saturated heterocycles. The summed E-state index contributed by atoms with van der Waals surface area (Å²) in [4.78, 5) is 0. The second kappa shape index (κ2) is 3.63. The number of nitrogen functional groups attached to an aromatic ring is 1. The Hall–Kier alpha value is -1.40. The van der Waals surface area contributed by atoms with Gasteiger partial charge in [-0.3, -0.25) is 0 Å². The molecule has 1 aromatic rings. The standard InChI is InChI=1S/C8H5F6N/c9-2-3-1-4(8(12,13)14)5(10)6(11)7(3)15/h1H,2,15H2. The molecule has 0 amide bonds. The minimum absolute atomic E-state index is 0.160. The normalized spacial score (nSPS) is 11.9. The van der Waals surface area contributed by atoms with Crippen molar-refractivity contribution in [3.05, 3.63) is 28.8 Å². The summed E-state index contributed by atoms with van der Waals surface area (Å²) in [5.74, 6) is -3.99. The van der Waals surface area contributed by atoms with Crippen LogP contribution in [-0.4, -0.2) is 0 Å². The SMILES string of the molecule is Nc1c(CF)cc(C(F)(F)F)c(F)c1F. The number of nitrogens with two attached hydrogens (primary N) is 1. The summed E-state index contributed by atoms with van der Waals surface area (Å²) >= 11 is 0. The van der Waals surface area contributed by atoms with Crippen LogP contribution in [0.25, 0.3) is 0 Å². The molecule has 0 aliphatic carbocycles. The van der Waals surface area contributed by atoms with Gasteiger partial charge in [-0.05, 0) is 6.07 Å². The zero-order chi connectivity index (χ0) is 11.8. The van der Waals surface area contributed by atoms with Gasteiger partial charge in [0.15, 0.2) is 11.6 Å². The quantitative estimate of drug-likeness (QED) is 0.581. The number of halogens is 6. The first kappa shape index (κ1) is 11.7. The van der Waals surface area contributed by atoms with Crippen LogP contribution in [0.5, 0.6) is 0 Å². The van der Waals surface area contributed by atoms with E-state index in [9.17, 15) is 26.3 Å². The van der Waals surface area contributed by atoms with Crippen molar-refractivity contribution in [1.29, 1.82) is 0 Å². The Morgan fingerprint density at radius 3 is 2.07 bits per heavy atom. The number of rotatable bonds is 1. The van der Waals surface area contributed by atoms with E-state index in [0.717, 1.165) is 0 Å². The lowest BCUT2D eigenvalue weighted by atomic mass is 10.1. The molecule has 0 spiro atoms. The lowest BCUT2D eigenvalue weighted by molar-refractivity contribution is -0.140. The van der Waals surface area contributed by atoms with E-state index in [4.69, 9.17) is 5.73 Å². The van der Waals surface area contributed by atoms with Gasteiger partial charge in [0, 0.05) is 5.56 Å². The molecular weight excluding hydrogens is 224 g/mol. The average molecular weight is 229 g/mol. The third-order valence-electron chi connectivity index (χ3n) is 1.78. The smallest absolute Gasteiger partial charge is 0.396 e. The Labute approximate surface area is 80.5 Å². The Bertz CT molecular complexity index is 384. The predicted octanol–water partition coefficient (Wildman–Crippen LogP) is 3.04. The van der Waals surface area contributed by atoms with E-state index >= 15 is 0 Å². The molecule has 0 saturated carbocycles. The zero-order valence-corrected chi connectivity index (χ0v) is 7.13. The molecule has 0 bridgehead atoms. The van der Waals surface area contributed by atoms with E-state index in [2.05, 4.69) is 0 Å². The van der Waals surface area contributed by atoms with Crippen LogP contribution in [0.2, 0.25) is 0 Å². The largest absolute Gasteiger partial charge is 0.419 e. The molecule has 15 heavy (non-hydrogen) atoms. The van der Waals surface area contributed by atoms with Gasteiger partial charge in [-0.25, -0.2) is 13.2 Å². The molecule has 0 atom stereocenters. The molecule has 0 aromatic heterocycles. The maximum Gasteiger partial charge on any atom is 0.419 e. The summed E-state index contributed by atoms with van der Waals surface area (Å²) in [6.07, 6.45) is -5.08. The first-order chi connectivity index (χ1) is 6.79. The molecule has 0 aliphatic heterocycles. The maximum atomic E-state index is 12.8. The molecule has 1 rings (SSSR count). The van der Waals surface area contributed by atoms with Gasteiger partial charge in [0.25, 0.3) is 0 Å². The molecule has 7 heteroatoms. The lowest BCUT2D eigenvalue weighted by Crippen LogP contribution is -2.12. The van der Waals surface area contributed by atoms with E-state index in [1.165, 1.54) is 0 Å². The Morgan fingerprint density at radius 2 is 1.67 bits per heavy atom. The van der Waals surface area contributed by atoms with Crippen molar-refractivity contribution in [2.45, 2.75) is 12.9 Å². The topological polar surface area (TPSA) is 26.0 Å². The number of hydrogen-bond donors (Lipinski definition) is 1. The number of anilines is 1. The predicted molar refractivity (Wildman–Crippen MR) is 40.6 cm³/mol. The Balaban J connectivity index is 3.49. The summed E-state index contributed by atoms with van der Waals surface area (Å²) in [5.41, 5.74) is 1.36. The van der Waals surface area contributed by atoms with Gasteiger partial charge >= 0.3 is 6.18 Å².